The van der Waals surface area contributed by atoms with Gasteiger partial charge in [0.15, 0.2) is 0 Å². The average Bonchev–Trinajstić information content (AvgIpc) is 2.70. The lowest BCUT2D eigenvalue weighted by molar-refractivity contribution is -0.143. The molecule has 2 unspecified atom stereocenters. The van der Waals surface area contributed by atoms with Crippen LogP contribution in [0.15, 0.2) is 54.6 Å². The number of likely N-dealkylation sites (tertiary alicyclic amines) is 1. The SMILES string of the molecule is CCC(CN1CCCC(C(=O)O)C1)Oc1ccc(Cc2ccccc2)cc1. The second-order valence-corrected chi connectivity index (χ2v) is 7.39. The first-order chi connectivity index (χ1) is 13.1. The molecular formula is C23H29NO3. The minimum absolute atomic E-state index is 0.0810. The standard InChI is InChI=1S/C23H29NO3/c1-2-21(17-24-14-6-9-20(16-24)23(25)26)27-22-12-10-19(11-13-22)15-18-7-4-3-5-8-18/h3-5,7-8,10-13,20-21H,2,6,9,14-17H2,1H3,(H,25,26). The predicted molar refractivity (Wildman–Crippen MR) is 107 cm³/mol. The largest absolute Gasteiger partial charge is 0.489 e. The van der Waals surface area contributed by atoms with E-state index in [1.165, 1.54) is 11.1 Å². The van der Waals surface area contributed by atoms with Crippen LogP contribution in [0.1, 0.15) is 37.3 Å². The number of benzene rings is 2. The summed E-state index contributed by atoms with van der Waals surface area (Å²) in [5.41, 5.74) is 2.57. The smallest absolute Gasteiger partial charge is 0.307 e. The molecule has 144 valence electrons. The van der Waals surface area contributed by atoms with Crippen molar-refractivity contribution in [2.24, 2.45) is 5.92 Å². The fraction of sp³-hybridized carbons (Fsp3) is 0.435. The maximum atomic E-state index is 11.3. The van der Waals surface area contributed by atoms with E-state index >= 15 is 0 Å². The molecule has 4 nitrogen and oxygen atoms in total. The lowest BCUT2D eigenvalue weighted by atomic mass is 9.98. The highest BCUT2D eigenvalue weighted by Gasteiger charge is 2.26. The first-order valence-corrected chi connectivity index (χ1v) is 9.88. The monoisotopic (exact) mass is 367 g/mol. The van der Waals surface area contributed by atoms with Crippen LogP contribution >= 0.6 is 0 Å². The van der Waals surface area contributed by atoms with Gasteiger partial charge < -0.3 is 9.84 Å². The van der Waals surface area contributed by atoms with Crippen LogP contribution in [0.5, 0.6) is 5.75 Å². The second kappa shape index (κ2) is 9.56. The summed E-state index contributed by atoms with van der Waals surface area (Å²) in [7, 11) is 0. The van der Waals surface area contributed by atoms with Crippen LogP contribution in [0.2, 0.25) is 0 Å². The summed E-state index contributed by atoms with van der Waals surface area (Å²) in [5.74, 6) is -0.0401. The Morgan fingerprint density at radius 3 is 2.52 bits per heavy atom. The van der Waals surface area contributed by atoms with E-state index in [0.717, 1.165) is 44.5 Å². The zero-order valence-electron chi connectivity index (χ0n) is 16.0. The fourth-order valence-electron chi connectivity index (χ4n) is 3.67. The van der Waals surface area contributed by atoms with Gasteiger partial charge in [0, 0.05) is 13.1 Å². The Morgan fingerprint density at radius 2 is 1.85 bits per heavy atom. The molecule has 0 aromatic heterocycles. The van der Waals surface area contributed by atoms with Crippen molar-refractivity contribution in [3.05, 3.63) is 65.7 Å². The van der Waals surface area contributed by atoms with Crippen molar-refractivity contribution >= 4 is 5.97 Å². The summed E-state index contributed by atoms with van der Waals surface area (Å²) >= 11 is 0. The number of carbonyl (C=O) groups is 1. The molecule has 0 radical (unpaired) electrons. The van der Waals surface area contributed by atoms with Crippen LogP contribution < -0.4 is 4.74 Å². The molecule has 4 heteroatoms. The normalized spacial score (nSPS) is 18.8. The number of hydrogen-bond donors (Lipinski definition) is 1. The summed E-state index contributed by atoms with van der Waals surface area (Å²) < 4.78 is 6.18. The van der Waals surface area contributed by atoms with Crippen molar-refractivity contribution in [2.45, 2.75) is 38.7 Å². The highest BCUT2D eigenvalue weighted by molar-refractivity contribution is 5.70. The predicted octanol–water partition coefficient (Wildman–Crippen LogP) is 4.23. The maximum Gasteiger partial charge on any atom is 0.307 e. The van der Waals surface area contributed by atoms with Crippen molar-refractivity contribution in [2.75, 3.05) is 19.6 Å². The molecule has 2 aromatic carbocycles. The third kappa shape index (κ3) is 5.83. The zero-order valence-corrected chi connectivity index (χ0v) is 16.0. The Morgan fingerprint density at radius 1 is 1.15 bits per heavy atom. The Kier molecular flexibility index (Phi) is 6.88. The number of piperidine rings is 1. The Bertz CT molecular complexity index is 714. The summed E-state index contributed by atoms with van der Waals surface area (Å²) in [5, 5.41) is 9.26. The van der Waals surface area contributed by atoms with Crippen LogP contribution in [-0.2, 0) is 11.2 Å². The number of hydrogen-bond acceptors (Lipinski definition) is 3. The van der Waals surface area contributed by atoms with Crippen LogP contribution in [0.4, 0.5) is 0 Å². The molecule has 27 heavy (non-hydrogen) atoms. The molecule has 2 aromatic rings. The van der Waals surface area contributed by atoms with E-state index in [-0.39, 0.29) is 12.0 Å². The van der Waals surface area contributed by atoms with E-state index in [9.17, 15) is 9.90 Å². The van der Waals surface area contributed by atoms with Crippen molar-refractivity contribution in [1.29, 1.82) is 0 Å². The highest BCUT2D eigenvalue weighted by Crippen LogP contribution is 2.20. The average molecular weight is 367 g/mol. The molecule has 1 fully saturated rings. The van der Waals surface area contributed by atoms with Gasteiger partial charge in [-0.2, -0.15) is 0 Å². The van der Waals surface area contributed by atoms with E-state index in [4.69, 9.17) is 4.74 Å². The van der Waals surface area contributed by atoms with E-state index in [1.807, 2.05) is 18.2 Å². The first kappa shape index (κ1) is 19.4. The van der Waals surface area contributed by atoms with Crippen molar-refractivity contribution < 1.29 is 14.6 Å². The van der Waals surface area contributed by atoms with Crippen molar-refractivity contribution in [3.63, 3.8) is 0 Å². The van der Waals surface area contributed by atoms with Crippen molar-refractivity contribution in [3.8, 4) is 5.75 Å². The Hall–Kier alpha value is -2.33. The van der Waals surface area contributed by atoms with Gasteiger partial charge in [-0.1, -0.05) is 49.4 Å². The molecule has 0 spiro atoms. The zero-order chi connectivity index (χ0) is 19.1. The third-order valence-corrected chi connectivity index (χ3v) is 5.25. The minimum Gasteiger partial charge on any atom is -0.489 e. The van der Waals surface area contributed by atoms with Gasteiger partial charge in [0.05, 0.1) is 5.92 Å². The highest BCUT2D eigenvalue weighted by atomic mass is 16.5. The quantitative estimate of drug-likeness (QED) is 0.758. The molecule has 1 aliphatic rings. The van der Waals surface area contributed by atoms with Gasteiger partial charge >= 0.3 is 5.97 Å². The molecular weight excluding hydrogens is 338 g/mol. The summed E-state index contributed by atoms with van der Waals surface area (Å²) in [6.45, 7) is 4.49. The molecule has 0 aliphatic carbocycles. The lowest BCUT2D eigenvalue weighted by Crippen LogP contribution is -2.43. The van der Waals surface area contributed by atoms with Gasteiger partial charge in [-0.15, -0.1) is 0 Å². The number of carboxylic acid groups (broad SMARTS) is 1. The topological polar surface area (TPSA) is 49.8 Å². The molecule has 1 aliphatic heterocycles. The van der Waals surface area contributed by atoms with Crippen LogP contribution in [0.3, 0.4) is 0 Å². The Labute approximate surface area is 161 Å². The minimum atomic E-state index is -0.678. The van der Waals surface area contributed by atoms with E-state index in [2.05, 4.69) is 48.2 Å². The van der Waals surface area contributed by atoms with Gasteiger partial charge in [-0.25, -0.2) is 0 Å². The second-order valence-electron chi connectivity index (χ2n) is 7.39. The molecule has 0 bridgehead atoms. The van der Waals surface area contributed by atoms with Gasteiger partial charge in [-0.3, -0.25) is 9.69 Å². The molecule has 0 amide bonds. The third-order valence-electron chi connectivity index (χ3n) is 5.25. The van der Waals surface area contributed by atoms with Gasteiger partial charge in [0.1, 0.15) is 11.9 Å². The molecule has 3 rings (SSSR count). The number of ether oxygens (including phenoxy) is 1. The summed E-state index contributed by atoms with van der Waals surface area (Å²) in [4.78, 5) is 13.5. The fourth-order valence-corrected chi connectivity index (χ4v) is 3.67. The van der Waals surface area contributed by atoms with Crippen LogP contribution in [0.25, 0.3) is 0 Å². The van der Waals surface area contributed by atoms with E-state index < -0.39 is 5.97 Å². The number of aliphatic carboxylic acids is 1. The molecule has 1 heterocycles. The summed E-state index contributed by atoms with van der Waals surface area (Å²) in [6.07, 6.45) is 3.63. The Balaban J connectivity index is 1.54. The van der Waals surface area contributed by atoms with Gasteiger partial charge in [0.25, 0.3) is 0 Å². The molecule has 2 atom stereocenters. The number of carboxylic acids is 1. The first-order valence-electron chi connectivity index (χ1n) is 9.88. The summed E-state index contributed by atoms with van der Waals surface area (Å²) in [6, 6.07) is 18.8. The van der Waals surface area contributed by atoms with Crippen LogP contribution in [0, 0.1) is 5.92 Å². The van der Waals surface area contributed by atoms with Crippen LogP contribution in [-0.4, -0.2) is 41.7 Å². The maximum absolute atomic E-state index is 11.3. The van der Waals surface area contributed by atoms with E-state index in [0.29, 0.717) is 6.54 Å². The number of nitrogens with zero attached hydrogens (tertiary/aromatic N) is 1. The van der Waals surface area contributed by atoms with Gasteiger partial charge in [-0.05, 0) is 55.5 Å². The van der Waals surface area contributed by atoms with Gasteiger partial charge in [0.2, 0.25) is 0 Å². The number of rotatable bonds is 8. The lowest BCUT2D eigenvalue weighted by Gasteiger charge is -2.33. The van der Waals surface area contributed by atoms with E-state index in [1.54, 1.807) is 0 Å². The molecule has 1 saturated heterocycles. The molecule has 0 saturated carbocycles. The van der Waals surface area contributed by atoms with Crippen molar-refractivity contribution in [1.82, 2.24) is 4.90 Å². The molecule has 1 N–H and O–H groups in total.